The number of pyridine rings is 1. The number of likely N-dealkylation sites (N-methyl/N-ethyl adjacent to an activating group) is 2. The zero-order valence-corrected chi connectivity index (χ0v) is 12.2. The fourth-order valence-electron chi connectivity index (χ4n) is 2.21. The average molecular weight is 249 g/mol. The molecular weight excluding hydrogens is 222 g/mol. The van der Waals surface area contributed by atoms with Crippen LogP contribution in [0.1, 0.15) is 26.3 Å². The number of rotatable bonds is 8. The second-order valence-electron chi connectivity index (χ2n) is 5.21. The van der Waals surface area contributed by atoms with Crippen LogP contribution in [0.15, 0.2) is 24.5 Å². The first-order valence-corrected chi connectivity index (χ1v) is 6.95. The van der Waals surface area contributed by atoms with Crippen molar-refractivity contribution in [2.24, 2.45) is 5.92 Å². The van der Waals surface area contributed by atoms with Crippen molar-refractivity contribution in [2.45, 2.75) is 33.2 Å². The van der Waals surface area contributed by atoms with Gasteiger partial charge < -0.3 is 10.2 Å². The van der Waals surface area contributed by atoms with Crippen LogP contribution in [0.2, 0.25) is 0 Å². The molecule has 1 aromatic rings. The van der Waals surface area contributed by atoms with Crippen molar-refractivity contribution in [1.82, 2.24) is 15.2 Å². The normalized spacial score (nSPS) is 13.2. The molecule has 0 aliphatic heterocycles. The lowest BCUT2D eigenvalue weighted by atomic mass is 10.0. The van der Waals surface area contributed by atoms with Crippen LogP contribution < -0.4 is 5.32 Å². The van der Waals surface area contributed by atoms with Crippen molar-refractivity contribution in [3.63, 3.8) is 0 Å². The first-order valence-electron chi connectivity index (χ1n) is 6.95. The molecule has 102 valence electrons. The second-order valence-corrected chi connectivity index (χ2v) is 5.21. The van der Waals surface area contributed by atoms with E-state index >= 15 is 0 Å². The van der Waals surface area contributed by atoms with E-state index in [9.17, 15) is 0 Å². The maximum atomic E-state index is 4.05. The largest absolute Gasteiger partial charge is 0.315 e. The van der Waals surface area contributed by atoms with E-state index in [1.54, 1.807) is 0 Å². The van der Waals surface area contributed by atoms with Crippen molar-refractivity contribution in [1.29, 1.82) is 0 Å². The van der Waals surface area contributed by atoms with Gasteiger partial charge in [0.25, 0.3) is 0 Å². The van der Waals surface area contributed by atoms with Crippen LogP contribution >= 0.6 is 0 Å². The molecule has 1 atom stereocenters. The fraction of sp³-hybridized carbons (Fsp3) is 0.667. The molecule has 0 saturated heterocycles. The molecule has 0 radical (unpaired) electrons. The zero-order chi connectivity index (χ0) is 13.4. The Bertz CT molecular complexity index is 311. The fourth-order valence-corrected chi connectivity index (χ4v) is 2.21. The van der Waals surface area contributed by atoms with Crippen LogP contribution in [0, 0.1) is 5.92 Å². The number of hydrogen-bond acceptors (Lipinski definition) is 3. The van der Waals surface area contributed by atoms with E-state index in [4.69, 9.17) is 0 Å². The van der Waals surface area contributed by atoms with E-state index in [1.165, 1.54) is 5.56 Å². The Balaban J connectivity index is 2.43. The van der Waals surface area contributed by atoms with E-state index in [2.05, 4.69) is 55.2 Å². The summed E-state index contributed by atoms with van der Waals surface area (Å²) in [5.41, 5.74) is 1.36. The SMILES string of the molecule is CCNCC(C(C)C)N(C)CCc1ccncc1. The van der Waals surface area contributed by atoms with Crippen LogP contribution in [0.5, 0.6) is 0 Å². The molecule has 1 rings (SSSR count). The summed E-state index contributed by atoms with van der Waals surface area (Å²) in [6.07, 6.45) is 4.83. The predicted octanol–water partition coefficient (Wildman–Crippen LogP) is 2.19. The van der Waals surface area contributed by atoms with E-state index in [0.29, 0.717) is 12.0 Å². The molecule has 1 N–H and O–H groups in total. The Kier molecular flexibility index (Phi) is 6.91. The standard InChI is InChI=1S/C15H27N3/c1-5-16-12-15(13(2)3)18(4)11-8-14-6-9-17-10-7-14/h6-7,9-10,13,15-16H,5,8,11-12H2,1-4H3. The van der Waals surface area contributed by atoms with Crippen LogP contribution in [0.25, 0.3) is 0 Å². The first kappa shape index (κ1) is 15.1. The molecule has 1 aromatic heterocycles. The van der Waals surface area contributed by atoms with E-state index in [-0.39, 0.29) is 0 Å². The third-order valence-corrected chi connectivity index (χ3v) is 3.44. The quantitative estimate of drug-likeness (QED) is 0.765. The number of hydrogen-bond donors (Lipinski definition) is 1. The number of nitrogens with zero attached hydrogens (tertiary/aromatic N) is 2. The molecule has 0 amide bonds. The molecule has 1 unspecified atom stereocenters. The molecule has 3 heteroatoms. The third-order valence-electron chi connectivity index (χ3n) is 3.44. The maximum absolute atomic E-state index is 4.05. The molecular formula is C15H27N3. The number of aromatic nitrogens is 1. The third kappa shape index (κ3) is 5.15. The van der Waals surface area contributed by atoms with Crippen LogP contribution in [0.4, 0.5) is 0 Å². The summed E-state index contributed by atoms with van der Waals surface area (Å²) in [6, 6.07) is 4.80. The molecule has 0 spiro atoms. The molecule has 0 fully saturated rings. The summed E-state index contributed by atoms with van der Waals surface area (Å²) in [4.78, 5) is 6.52. The van der Waals surface area contributed by atoms with E-state index in [0.717, 1.165) is 26.1 Å². The lowest BCUT2D eigenvalue weighted by molar-refractivity contribution is 0.190. The van der Waals surface area contributed by atoms with Gasteiger partial charge in [0, 0.05) is 31.5 Å². The van der Waals surface area contributed by atoms with Gasteiger partial charge in [-0.2, -0.15) is 0 Å². The van der Waals surface area contributed by atoms with Gasteiger partial charge in [-0.3, -0.25) is 4.98 Å². The molecule has 0 aliphatic rings. The summed E-state index contributed by atoms with van der Waals surface area (Å²) in [5.74, 6) is 0.673. The second kappa shape index (κ2) is 8.22. The Hall–Kier alpha value is -0.930. The minimum Gasteiger partial charge on any atom is -0.315 e. The highest BCUT2D eigenvalue weighted by Crippen LogP contribution is 2.09. The van der Waals surface area contributed by atoms with Gasteiger partial charge >= 0.3 is 0 Å². The average Bonchev–Trinajstić information content (AvgIpc) is 2.37. The molecule has 3 nitrogen and oxygen atoms in total. The van der Waals surface area contributed by atoms with E-state index < -0.39 is 0 Å². The topological polar surface area (TPSA) is 28.2 Å². The van der Waals surface area contributed by atoms with Crippen molar-refractivity contribution in [2.75, 3.05) is 26.7 Å². The molecule has 1 heterocycles. The first-order chi connectivity index (χ1) is 8.65. The minimum atomic E-state index is 0.604. The highest BCUT2D eigenvalue weighted by Gasteiger charge is 2.17. The van der Waals surface area contributed by atoms with Crippen molar-refractivity contribution >= 4 is 0 Å². The monoisotopic (exact) mass is 249 g/mol. The van der Waals surface area contributed by atoms with Crippen molar-refractivity contribution in [3.8, 4) is 0 Å². The van der Waals surface area contributed by atoms with Crippen LogP contribution in [-0.4, -0.2) is 42.6 Å². The minimum absolute atomic E-state index is 0.604. The smallest absolute Gasteiger partial charge is 0.0270 e. The molecule has 0 saturated carbocycles. The Morgan fingerprint density at radius 2 is 1.94 bits per heavy atom. The Morgan fingerprint density at radius 1 is 1.28 bits per heavy atom. The van der Waals surface area contributed by atoms with Crippen molar-refractivity contribution < 1.29 is 0 Å². The zero-order valence-electron chi connectivity index (χ0n) is 12.2. The summed E-state index contributed by atoms with van der Waals surface area (Å²) in [5, 5.41) is 3.46. The number of nitrogens with one attached hydrogen (secondary N) is 1. The molecule has 18 heavy (non-hydrogen) atoms. The highest BCUT2D eigenvalue weighted by molar-refractivity contribution is 5.09. The van der Waals surface area contributed by atoms with Crippen LogP contribution in [-0.2, 0) is 6.42 Å². The van der Waals surface area contributed by atoms with Gasteiger partial charge in [0.1, 0.15) is 0 Å². The lowest BCUT2D eigenvalue weighted by Gasteiger charge is -2.31. The molecule has 0 bridgehead atoms. The van der Waals surface area contributed by atoms with Crippen molar-refractivity contribution in [3.05, 3.63) is 30.1 Å². The highest BCUT2D eigenvalue weighted by atomic mass is 15.1. The van der Waals surface area contributed by atoms with Gasteiger partial charge in [0.15, 0.2) is 0 Å². The molecule has 0 aliphatic carbocycles. The molecule has 0 aromatic carbocycles. The van der Waals surface area contributed by atoms with Gasteiger partial charge in [0.2, 0.25) is 0 Å². The van der Waals surface area contributed by atoms with Gasteiger partial charge in [-0.05, 0) is 43.6 Å². The summed E-state index contributed by atoms with van der Waals surface area (Å²) in [6.45, 7) is 9.96. The van der Waals surface area contributed by atoms with E-state index in [1.807, 2.05) is 12.4 Å². The lowest BCUT2D eigenvalue weighted by Crippen LogP contribution is -2.44. The maximum Gasteiger partial charge on any atom is 0.0270 e. The van der Waals surface area contributed by atoms with Gasteiger partial charge in [-0.25, -0.2) is 0 Å². The Morgan fingerprint density at radius 3 is 2.50 bits per heavy atom. The van der Waals surface area contributed by atoms with Gasteiger partial charge in [-0.1, -0.05) is 20.8 Å². The summed E-state index contributed by atoms with van der Waals surface area (Å²) >= 11 is 0. The predicted molar refractivity (Wildman–Crippen MR) is 77.7 cm³/mol. The van der Waals surface area contributed by atoms with Crippen LogP contribution in [0.3, 0.4) is 0 Å². The van der Waals surface area contributed by atoms with Gasteiger partial charge in [0.05, 0.1) is 0 Å². The summed E-state index contributed by atoms with van der Waals surface area (Å²) < 4.78 is 0. The Labute approximate surface area is 112 Å². The van der Waals surface area contributed by atoms with Gasteiger partial charge in [-0.15, -0.1) is 0 Å². The summed E-state index contributed by atoms with van der Waals surface area (Å²) in [7, 11) is 2.23.